The number of phenols is 1. The van der Waals surface area contributed by atoms with Crippen LogP contribution in [0.1, 0.15) is 21.5 Å². The number of amides is 1. The second-order valence-corrected chi connectivity index (χ2v) is 7.06. The molecule has 1 aliphatic rings. The molecule has 1 amide bonds. The Hall–Kier alpha value is -2.64. The third kappa shape index (κ3) is 3.29. The van der Waals surface area contributed by atoms with Crippen LogP contribution in [0, 0.1) is 6.92 Å². The lowest BCUT2D eigenvalue weighted by Crippen LogP contribution is -2.27. The maximum absolute atomic E-state index is 12.7. The number of nitrogens with zero attached hydrogens (tertiary/aromatic N) is 1. The van der Waals surface area contributed by atoms with E-state index in [0.29, 0.717) is 14.9 Å². The number of thioether (sulfide) groups is 1. The van der Waals surface area contributed by atoms with Crippen molar-refractivity contribution in [2.45, 2.75) is 6.92 Å². The number of hydrogen-bond acceptors (Lipinski definition) is 5. The maximum Gasteiger partial charge on any atom is 0.339 e. The molecule has 0 unspecified atom stereocenters. The van der Waals surface area contributed by atoms with Gasteiger partial charge in [-0.2, -0.15) is 0 Å². The molecular weight excluding hydrogens is 358 g/mol. The van der Waals surface area contributed by atoms with Crippen molar-refractivity contribution in [2.24, 2.45) is 0 Å². The number of aromatic hydroxyl groups is 1. The molecule has 2 N–H and O–H groups in total. The van der Waals surface area contributed by atoms with Gasteiger partial charge in [-0.25, -0.2) is 4.79 Å². The molecule has 126 valence electrons. The van der Waals surface area contributed by atoms with Crippen LogP contribution < -0.4 is 4.90 Å². The van der Waals surface area contributed by atoms with Crippen LogP contribution in [0.5, 0.6) is 5.75 Å². The summed E-state index contributed by atoms with van der Waals surface area (Å²) in [6.07, 6.45) is 1.77. The van der Waals surface area contributed by atoms with E-state index in [1.54, 1.807) is 6.08 Å². The Balaban J connectivity index is 1.99. The Morgan fingerprint density at radius 3 is 2.64 bits per heavy atom. The van der Waals surface area contributed by atoms with Gasteiger partial charge < -0.3 is 10.2 Å². The van der Waals surface area contributed by atoms with Gasteiger partial charge in [0.25, 0.3) is 5.91 Å². The summed E-state index contributed by atoms with van der Waals surface area (Å²) < 4.78 is 0.312. The zero-order chi connectivity index (χ0) is 18.1. The van der Waals surface area contributed by atoms with Crippen molar-refractivity contribution in [3.05, 3.63) is 64.1 Å². The van der Waals surface area contributed by atoms with Gasteiger partial charge in [0.1, 0.15) is 11.3 Å². The second kappa shape index (κ2) is 6.70. The van der Waals surface area contributed by atoms with E-state index in [1.807, 2.05) is 31.2 Å². The third-order valence-electron chi connectivity index (χ3n) is 3.74. The standard InChI is InChI=1S/C18H13NO4S2/c1-10-4-2-3-5-11(10)8-15-16(21)19(18(24)25-15)12-6-7-14(20)13(9-12)17(22)23/h2-9,20H,1H3,(H,22,23). The van der Waals surface area contributed by atoms with E-state index in [2.05, 4.69) is 0 Å². The quantitative estimate of drug-likeness (QED) is 0.631. The first-order chi connectivity index (χ1) is 11.9. The van der Waals surface area contributed by atoms with Crippen molar-refractivity contribution in [3.8, 4) is 5.75 Å². The second-order valence-electron chi connectivity index (χ2n) is 5.38. The minimum atomic E-state index is -1.28. The maximum atomic E-state index is 12.7. The van der Waals surface area contributed by atoms with E-state index >= 15 is 0 Å². The minimum absolute atomic E-state index is 0.283. The summed E-state index contributed by atoms with van der Waals surface area (Å²) >= 11 is 6.44. The molecule has 2 aromatic rings. The van der Waals surface area contributed by atoms with Crippen LogP contribution in [0.2, 0.25) is 0 Å². The largest absolute Gasteiger partial charge is 0.507 e. The zero-order valence-corrected chi connectivity index (χ0v) is 14.7. The number of carboxylic acids is 1. The van der Waals surface area contributed by atoms with Crippen molar-refractivity contribution < 1.29 is 19.8 Å². The Morgan fingerprint density at radius 1 is 1.24 bits per heavy atom. The van der Waals surface area contributed by atoms with Crippen LogP contribution in [-0.4, -0.2) is 26.4 Å². The number of hydrogen-bond donors (Lipinski definition) is 2. The highest BCUT2D eigenvalue weighted by molar-refractivity contribution is 8.27. The van der Waals surface area contributed by atoms with E-state index in [9.17, 15) is 14.7 Å². The van der Waals surface area contributed by atoms with Crippen molar-refractivity contribution in [1.29, 1.82) is 0 Å². The molecule has 1 aliphatic heterocycles. The lowest BCUT2D eigenvalue weighted by Gasteiger charge is -2.15. The molecular formula is C18H13NO4S2. The molecule has 1 heterocycles. The highest BCUT2D eigenvalue weighted by atomic mass is 32.2. The first-order valence-electron chi connectivity index (χ1n) is 7.28. The van der Waals surface area contributed by atoms with Crippen molar-refractivity contribution in [3.63, 3.8) is 0 Å². The number of rotatable bonds is 3. The van der Waals surface area contributed by atoms with Crippen molar-refractivity contribution >= 4 is 51.9 Å². The first kappa shape index (κ1) is 17.2. The van der Waals surface area contributed by atoms with Crippen molar-refractivity contribution in [1.82, 2.24) is 0 Å². The molecule has 0 radical (unpaired) electrons. The van der Waals surface area contributed by atoms with Gasteiger partial charge in [-0.05, 0) is 42.3 Å². The number of anilines is 1. The van der Waals surface area contributed by atoms with Gasteiger partial charge in [0.05, 0.1) is 10.6 Å². The van der Waals surface area contributed by atoms with Crippen LogP contribution in [-0.2, 0) is 4.79 Å². The molecule has 0 saturated carbocycles. The van der Waals surface area contributed by atoms with Gasteiger partial charge in [0.2, 0.25) is 0 Å². The molecule has 5 nitrogen and oxygen atoms in total. The summed E-state index contributed by atoms with van der Waals surface area (Å²) in [5, 5.41) is 18.8. The SMILES string of the molecule is Cc1ccccc1C=C1SC(=S)N(c2ccc(O)c(C(=O)O)c2)C1=O. The summed E-state index contributed by atoms with van der Waals surface area (Å²) in [7, 11) is 0. The molecule has 0 atom stereocenters. The minimum Gasteiger partial charge on any atom is -0.507 e. The molecule has 1 fully saturated rings. The Kier molecular flexibility index (Phi) is 4.61. The fourth-order valence-corrected chi connectivity index (χ4v) is 3.70. The molecule has 0 bridgehead atoms. The van der Waals surface area contributed by atoms with Gasteiger partial charge in [0, 0.05) is 0 Å². The van der Waals surface area contributed by atoms with E-state index in [0.717, 1.165) is 22.9 Å². The zero-order valence-electron chi connectivity index (χ0n) is 13.1. The number of carboxylic acid groups (broad SMARTS) is 1. The predicted molar refractivity (Wildman–Crippen MR) is 102 cm³/mol. The summed E-state index contributed by atoms with van der Waals surface area (Å²) in [5.41, 5.74) is 1.98. The van der Waals surface area contributed by atoms with Crippen LogP contribution in [0.15, 0.2) is 47.4 Å². The molecule has 0 aromatic heterocycles. The Morgan fingerprint density at radius 2 is 1.96 bits per heavy atom. The van der Waals surface area contributed by atoms with Crippen LogP contribution in [0.3, 0.4) is 0 Å². The number of carbonyl (C=O) groups is 2. The molecule has 3 rings (SSSR count). The summed E-state index contributed by atoms with van der Waals surface area (Å²) in [6.45, 7) is 1.95. The lowest BCUT2D eigenvalue weighted by atomic mass is 10.1. The average Bonchev–Trinajstić information content (AvgIpc) is 2.84. The van der Waals surface area contributed by atoms with Gasteiger partial charge in [-0.1, -0.05) is 48.2 Å². The molecule has 25 heavy (non-hydrogen) atoms. The first-order valence-corrected chi connectivity index (χ1v) is 8.51. The van der Waals surface area contributed by atoms with Crippen LogP contribution >= 0.6 is 24.0 Å². The van der Waals surface area contributed by atoms with Gasteiger partial charge in [-0.15, -0.1) is 0 Å². The number of thiocarbonyl (C=S) groups is 1. The highest BCUT2D eigenvalue weighted by Crippen LogP contribution is 2.37. The third-order valence-corrected chi connectivity index (χ3v) is 5.04. The number of aryl methyl sites for hydroxylation is 1. The predicted octanol–water partition coefficient (Wildman–Crippen LogP) is 3.80. The lowest BCUT2D eigenvalue weighted by molar-refractivity contribution is -0.113. The topological polar surface area (TPSA) is 77.8 Å². The number of carbonyl (C=O) groups excluding carboxylic acids is 1. The van der Waals surface area contributed by atoms with Gasteiger partial charge in [-0.3, -0.25) is 9.69 Å². The van der Waals surface area contributed by atoms with Crippen molar-refractivity contribution in [2.75, 3.05) is 4.90 Å². The monoisotopic (exact) mass is 371 g/mol. The van der Waals surface area contributed by atoms with Gasteiger partial charge >= 0.3 is 5.97 Å². The van der Waals surface area contributed by atoms with Crippen LogP contribution in [0.25, 0.3) is 6.08 Å². The fraction of sp³-hybridized carbons (Fsp3) is 0.0556. The summed E-state index contributed by atoms with van der Waals surface area (Å²) in [5.74, 6) is -1.96. The smallest absolute Gasteiger partial charge is 0.339 e. The van der Waals surface area contributed by atoms with Gasteiger partial charge in [0.15, 0.2) is 4.32 Å². The van der Waals surface area contributed by atoms with E-state index in [1.165, 1.54) is 23.1 Å². The number of aromatic carboxylic acids is 1. The normalized spacial score (nSPS) is 15.9. The summed E-state index contributed by atoms with van der Waals surface area (Å²) in [6, 6.07) is 11.6. The molecule has 1 saturated heterocycles. The van der Waals surface area contributed by atoms with E-state index in [4.69, 9.17) is 17.3 Å². The average molecular weight is 371 g/mol. The summed E-state index contributed by atoms with van der Waals surface area (Å²) in [4.78, 5) is 25.7. The van der Waals surface area contributed by atoms with E-state index in [-0.39, 0.29) is 17.2 Å². The van der Waals surface area contributed by atoms with Crippen LogP contribution in [0.4, 0.5) is 5.69 Å². The Labute approximate surface area is 153 Å². The molecule has 0 aliphatic carbocycles. The Bertz CT molecular complexity index is 936. The number of benzene rings is 2. The molecule has 7 heteroatoms. The molecule has 2 aromatic carbocycles. The fourth-order valence-electron chi connectivity index (χ4n) is 2.41. The highest BCUT2D eigenvalue weighted by Gasteiger charge is 2.34. The molecule has 0 spiro atoms. The van der Waals surface area contributed by atoms with E-state index < -0.39 is 5.97 Å².